The number of hydrogen-bond acceptors (Lipinski definition) is 4. The van der Waals surface area contributed by atoms with Gasteiger partial charge in [0.05, 0.1) is 18.6 Å². The van der Waals surface area contributed by atoms with E-state index in [1.54, 1.807) is 38.2 Å². The fourth-order valence-corrected chi connectivity index (χ4v) is 2.08. The summed E-state index contributed by atoms with van der Waals surface area (Å²) in [5.41, 5.74) is 6.23. The predicted octanol–water partition coefficient (Wildman–Crippen LogP) is 0.349. The molecule has 1 aliphatic heterocycles. The van der Waals surface area contributed by atoms with E-state index in [1.807, 2.05) is 0 Å². The SMILES string of the molecule is CNC(=O)c1cccc(NC(=O)C2(C)COCC2N)c1. The number of carbonyl (C=O) groups excluding carboxylic acids is 2. The quantitative estimate of drug-likeness (QED) is 0.743. The van der Waals surface area contributed by atoms with Crippen molar-refractivity contribution in [3.8, 4) is 0 Å². The first-order chi connectivity index (χ1) is 9.47. The molecule has 1 saturated heterocycles. The molecule has 4 N–H and O–H groups in total. The third-order valence-corrected chi connectivity index (χ3v) is 3.65. The molecular formula is C14H19N3O3. The Morgan fingerprint density at radius 2 is 2.20 bits per heavy atom. The predicted molar refractivity (Wildman–Crippen MR) is 75.4 cm³/mol. The fraction of sp³-hybridized carbons (Fsp3) is 0.429. The molecule has 108 valence electrons. The molecule has 0 bridgehead atoms. The van der Waals surface area contributed by atoms with E-state index >= 15 is 0 Å². The Kier molecular flexibility index (Phi) is 4.06. The van der Waals surface area contributed by atoms with Gasteiger partial charge in [-0.25, -0.2) is 0 Å². The topological polar surface area (TPSA) is 93.5 Å². The molecule has 6 heteroatoms. The summed E-state index contributed by atoms with van der Waals surface area (Å²) in [6.45, 7) is 2.46. The summed E-state index contributed by atoms with van der Waals surface area (Å²) in [5.74, 6) is -0.398. The van der Waals surface area contributed by atoms with Crippen molar-refractivity contribution in [2.45, 2.75) is 13.0 Å². The average Bonchev–Trinajstić information content (AvgIpc) is 2.79. The number of anilines is 1. The summed E-state index contributed by atoms with van der Waals surface area (Å²) in [6, 6.07) is 6.43. The van der Waals surface area contributed by atoms with Gasteiger partial charge in [0.15, 0.2) is 0 Å². The van der Waals surface area contributed by atoms with Crippen LogP contribution in [-0.2, 0) is 9.53 Å². The molecule has 0 radical (unpaired) electrons. The molecule has 0 saturated carbocycles. The summed E-state index contributed by atoms with van der Waals surface area (Å²) in [5, 5.41) is 5.33. The molecule has 1 heterocycles. The van der Waals surface area contributed by atoms with Crippen molar-refractivity contribution in [2.24, 2.45) is 11.1 Å². The van der Waals surface area contributed by atoms with Gasteiger partial charge in [-0.3, -0.25) is 9.59 Å². The maximum atomic E-state index is 12.3. The van der Waals surface area contributed by atoms with Crippen LogP contribution in [0.25, 0.3) is 0 Å². The summed E-state index contributed by atoms with van der Waals surface area (Å²) < 4.78 is 5.26. The summed E-state index contributed by atoms with van der Waals surface area (Å²) in [4.78, 5) is 23.9. The van der Waals surface area contributed by atoms with E-state index in [0.717, 1.165) is 0 Å². The van der Waals surface area contributed by atoms with Gasteiger partial charge >= 0.3 is 0 Å². The van der Waals surface area contributed by atoms with Gasteiger partial charge < -0.3 is 21.1 Å². The highest BCUT2D eigenvalue weighted by atomic mass is 16.5. The number of carbonyl (C=O) groups is 2. The van der Waals surface area contributed by atoms with Crippen LogP contribution < -0.4 is 16.4 Å². The lowest BCUT2D eigenvalue weighted by molar-refractivity contribution is -0.125. The summed E-state index contributed by atoms with van der Waals surface area (Å²) in [7, 11) is 1.56. The number of nitrogens with two attached hydrogens (primary N) is 1. The van der Waals surface area contributed by atoms with Crippen molar-refractivity contribution in [1.82, 2.24) is 5.32 Å². The van der Waals surface area contributed by atoms with Gasteiger partial charge in [0.1, 0.15) is 0 Å². The lowest BCUT2D eigenvalue weighted by atomic mass is 9.85. The second-order valence-corrected chi connectivity index (χ2v) is 5.15. The van der Waals surface area contributed by atoms with Crippen molar-refractivity contribution in [2.75, 3.05) is 25.6 Å². The Balaban J connectivity index is 2.14. The first-order valence-electron chi connectivity index (χ1n) is 6.44. The second-order valence-electron chi connectivity index (χ2n) is 5.15. The van der Waals surface area contributed by atoms with Crippen molar-refractivity contribution >= 4 is 17.5 Å². The van der Waals surface area contributed by atoms with Crippen LogP contribution in [0.4, 0.5) is 5.69 Å². The summed E-state index contributed by atoms with van der Waals surface area (Å²) >= 11 is 0. The van der Waals surface area contributed by atoms with Crippen LogP contribution in [-0.4, -0.2) is 38.1 Å². The molecule has 0 aromatic heterocycles. The second kappa shape index (κ2) is 5.60. The maximum absolute atomic E-state index is 12.3. The first-order valence-corrected chi connectivity index (χ1v) is 6.44. The van der Waals surface area contributed by atoms with Crippen LogP contribution in [0.15, 0.2) is 24.3 Å². The Morgan fingerprint density at radius 1 is 1.45 bits per heavy atom. The molecule has 0 spiro atoms. The highest BCUT2D eigenvalue weighted by Crippen LogP contribution is 2.28. The first kappa shape index (κ1) is 14.5. The number of amides is 2. The zero-order valence-electron chi connectivity index (χ0n) is 11.6. The average molecular weight is 277 g/mol. The Morgan fingerprint density at radius 3 is 2.80 bits per heavy atom. The highest BCUT2D eigenvalue weighted by molar-refractivity contribution is 5.99. The molecule has 0 aliphatic carbocycles. The number of nitrogens with one attached hydrogen (secondary N) is 2. The van der Waals surface area contributed by atoms with Crippen LogP contribution in [0.5, 0.6) is 0 Å². The maximum Gasteiger partial charge on any atom is 0.251 e. The van der Waals surface area contributed by atoms with E-state index in [1.165, 1.54) is 0 Å². The third-order valence-electron chi connectivity index (χ3n) is 3.65. The monoisotopic (exact) mass is 277 g/mol. The van der Waals surface area contributed by atoms with Gasteiger partial charge in [0.2, 0.25) is 5.91 Å². The van der Waals surface area contributed by atoms with E-state index in [4.69, 9.17) is 10.5 Å². The Hall–Kier alpha value is -1.92. The third kappa shape index (κ3) is 2.66. The summed E-state index contributed by atoms with van der Waals surface area (Å²) in [6.07, 6.45) is 0. The van der Waals surface area contributed by atoms with Gasteiger partial charge in [-0.15, -0.1) is 0 Å². The van der Waals surface area contributed by atoms with Crippen LogP contribution in [0.1, 0.15) is 17.3 Å². The Bertz CT molecular complexity index is 532. The van der Waals surface area contributed by atoms with Gasteiger partial charge in [-0.2, -0.15) is 0 Å². The van der Waals surface area contributed by atoms with Crippen molar-refractivity contribution in [1.29, 1.82) is 0 Å². The van der Waals surface area contributed by atoms with Crippen LogP contribution in [0.3, 0.4) is 0 Å². The van der Waals surface area contributed by atoms with Gasteiger partial charge in [-0.1, -0.05) is 6.07 Å². The standard InChI is InChI=1S/C14H19N3O3/c1-14(8-20-7-11(14)15)13(19)17-10-5-3-4-9(6-10)12(18)16-2/h3-6,11H,7-8,15H2,1-2H3,(H,16,18)(H,17,19). The van der Waals surface area contributed by atoms with Crippen LogP contribution in [0, 0.1) is 5.41 Å². The molecule has 20 heavy (non-hydrogen) atoms. The van der Waals surface area contributed by atoms with Crippen molar-refractivity contribution in [3.05, 3.63) is 29.8 Å². The highest BCUT2D eigenvalue weighted by Gasteiger charge is 2.44. The molecule has 1 aromatic rings. The lowest BCUT2D eigenvalue weighted by Gasteiger charge is -2.25. The fourth-order valence-electron chi connectivity index (χ4n) is 2.08. The molecule has 1 aliphatic rings. The minimum Gasteiger partial charge on any atom is -0.379 e. The molecular weight excluding hydrogens is 258 g/mol. The van der Waals surface area contributed by atoms with E-state index < -0.39 is 5.41 Å². The molecule has 2 atom stereocenters. The molecule has 2 rings (SSSR count). The van der Waals surface area contributed by atoms with E-state index in [9.17, 15) is 9.59 Å². The number of ether oxygens (including phenoxy) is 1. The number of hydrogen-bond donors (Lipinski definition) is 3. The van der Waals surface area contributed by atoms with Crippen LogP contribution in [0.2, 0.25) is 0 Å². The minimum absolute atomic E-state index is 0.198. The Labute approximate surface area is 117 Å². The minimum atomic E-state index is -0.747. The largest absolute Gasteiger partial charge is 0.379 e. The van der Waals surface area contributed by atoms with Gasteiger partial charge in [-0.05, 0) is 25.1 Å². The van der Waals surface area contributed by atoms with Crippen LogP contribution >= 0.6 is 0 Å². The molecule has 2 amide bonds. The van der Waals surface area contributed by atoms with E-state index in [2.05, 4.69) is 10.6 Å². The van der Waals surface area contributed by atoms with Crippen molar-refractivity contribution in [3.63, 3.8) is 0 Å². The molecule has 2 unspecified atom stereocenters. The normalized spacial score (nSPS) is 25.2. The molecule has 6 nitrogen and oxygen atoms in total. The molecule has 1 fully saturated rings. The number of rotatable bonds is 3. The smallest absolute Gasteiger partial charge is 0.251 e. The van der Waals surface area contributed by atoms with Gasteiger partial charge in [0.25, 0.3) is 5.91 Å². The lowest BCUT2D eigenvalue weighted by Crippen LogP contribution is -2.47. The van der Waals surface area contributed by atoms with E-state index in [-0.39, 0.29) is 17.9 Å². The molecule has 1 aromatic carbocycles. The van der Waals surface area contributed by atoms with Crippen molar-refractivity contribution < 1.29 is 14.3 Å². The number of benzene rings is 1. The van der Waals surface area contributed by atoms with Gasteiger partial charge in [0, 0.05) is 24.3 Å². The zero-order chi connectivity index (χ0) is 14.8. The van der Waals surface area contributed by atoms with E-state index in [0.29, 0.717) is 24.5 Å². The zero-order valence-corrected chi connectivity index (χ0v) is 11.6.